The van der Waals surface area contributed by atoms with E-state index in [9.17, 15) is 9.18 Å². The lowest BCUT2D eigenvalue weighted by Gasteiger charge is -2.07. The van der Waals surface area contributed by atoms with Crippen molar-refractivity contribution in [1.82, 2.24) is 15.5 Å². The molecule has 1 heterocycles. The molecule has 110 valence electrons. The number of hydrogen-bond donors (Lipinski definition) is 2. The molecule has 0 aliphatic heterocycles. The number of carbonyl (C=O) groups is 1. The molecule has 0 radical (unpaired) electrons. The quantitative estimate of drug-likeness (QED) is 0.556. The molecule has 0 atom stereocenters. The van der Waals surface area contributed by atoms with Gasteiger partial charge in [0.2, 0.25) is 0 Å². The lowest BCUT2D eigenvalue weighted by molar-refractivity contribution is 0.0943. The van der Waals surface area contributed by atoms with Gasteiger partial charge in [0.05, 0.1) is 6.54 Å². The highest BCUT2D eigenvalue weighted by Crippen LogP contribution is 2.42. The highest BCUT2D eigenvalue weighted by Gasteiger charge is 2.24. The first-order valence-corrected chi connectivity index (χ1v) is 6.91. The van der Waals surface area contributed by atoms with Crippen molar-refractivity contribution < 1.29 is 13.9 Å². The molecule has 5 nitrogen and oxygen atoms in total. The average Bonchev–Trinajstić information content (AvgIpc) is 3.00. The summed E-state index contributed by atoms with van der Waals surface area (Å²) in [4.78, 5) is 12.1. The Morgan fingerprint density at radius 1 is 1.27 bits per heavy atom. The first kappa shape index (κ1) is 12.8. The average molecular weight is 297 g/mol. The molecule has 0 fully saturated rings. The van der Waals surface area contributed by atoms with Crippen molar-refractivity contribution in [2.24, 2.45) is 0 Å². The van der Waals surface area contributed by atoms with E-state index in [2.05, 4.69) is 15.5 Å². The maximum absolute atomic E-state index is 12.7. The van der Waals surface area contributed by atoms with E-state index < -0.39 is 0 Å². The van der Waals surface area contributed by atoms with E-state index in [1.807, 2.05) is 12.1 Å². The van der Waals surface area contributed by atoms with Gasteiger partial charge in [0.15, 0.2) is 0 Å². The van der Waals surface area contributed by atoms with E-state index in [0.29, 0.717) is 24.6 Å². The van der Waals surface area contributed by atoms with Crippen molar-refractivity contribution in [3.63, 3.8) is 0 Å². The maximum atomic E-state index is 12.7. The molecular weight excluding hydrogens is 285 g/mol. The van der Waals surface area contributed by atoms with E-state index in [0.717, 1.165) is 22.0 Å². The molecular formula is C16H12FN3O2. The second-order valence-electron chi connectivity index (χ2n) is 5.08. The number of aromatic nitrogens is 2. The molecule has 1 aromatic heterocycles. The molecule has 1 aromatic carbocycles. The van der Waals surface area contributed by atoms with Crippen LogP contribution in [0.25, 0.3) is 22.0 Å². The van der Waals surface area contributed by atoms with Gasteiger partial charge < -0.3 is 10.1 Å². The molecule has 4 rings (SSSR count). The van der Waals surface area contributed by atoms with Gasteiger partial charge in [0.1, 0.15) is 29.4 Å². The first-order chi connectivity index (χ1) is 10.7. The topological polar surface area (TPSA) is 67.0 Å². The van der Waals surface area contributed by atoms with Gasteiger partial charge in [-0.15, -0.1) is 0 Å². The van der Waals surface area contributed by atoms with Crippen LogP contribution in [0.15, 0.2) is 36.4 Å². The van der Waals surface area contributed by atoms with E-state index in [1.165, 1.54) is 12.1 Å². The summed E-state index contributed by atoms with van der Waals surface area (Å²) in [5.41, 5.74) is 3.59. The van der Waals surface area contributed by atoms with Crippen LogP contribution in [0.4, 0.5) is 4.39 Å². The summed E-state index contributed by atoms with van der Waals surface area (Å²) in [5.74, 6) is 0.0427. The second kappa shape index (κ2) is 4.84. The number of ether oxygens (including phenoxy) is 1. The van der Waals surface area contributed by atoms with Gasteiger partial charge in [-0.2, -0.15) is 5.10 Å². The van der Waals surface area contributed by atoms with Crippen molar-refractivity contribution in [3.05, 3.63) is 47.9 Å². The van der Waals surface area contributed by atoms with Gasteiger partial charge in [-0.3, -0.25) is 9.89 Å². The molecule has 0 unspecified atom stereocenters. The number of aromatic amines is 1. The third kappa shape index (κ3) is 2.18. The Hall–Kier alpha value is -2.89. The van der Waals surface area contributed by atoms with Gasteiger partial charge in [0.25, 0.3) is 5.91 Å². The summed E-state index contributed by atoms with van der Waals surface area (Å²) in [7, 11) is 0. The maximum Gasteiger partial charge on any atom is 0.270 e. The first-order valence-electron chi connectivity index (χ1n) is 6.91. The molecule has 0 saturated carbocycles. The number of fused-ring (bicyclic) bond motifs is 3. The highest BCUT2D eigenvalue weighted by molar-refractivity contribution is 6.14. The Balaban J connectivity index is 1.32. The highest BCUT2D eigenvalue weighted by atomic mass is 19.1. The fourth-order valence-corrected chi connectivity index (χ4v) is 2.42. The Labute approximate surface area is 125 Å². The zero-order chi connectivity index (χ0) is 15.1. The van der Waals surface area contributed by atoms with Gasteiger partial charge in [0, 0.05) is 10.9 Å². The normalized spacial score (nSPS) is 11.5. The Morgan fingerprint density at radius 3 is 2.91 bits per heavy atom. The Bertz CT molecular complexity index is 871. The predicted molar refractivity (Wildman–Crippen MR) is 79.3 cm³/mol. The lowest BCUT2D eigenvalue weighted by atomic mass is 10.2. The monoisotopic (exact) mass is 297 g/mol. The van der Waals surface area contributed by atoms with Crippen molar-refractivity contribution in [3.8, 4) is 16.9 Å². The van der Waals surface area contributed by atoms with Crippen molar-refractivity contribution in [2.75, 3.05) is 13.2 Å². The number of nitrogens with one attached hydrogen (secondary N) is 2. The SMILES string of the molecule is O=C(NCCOc1ccc(F)cc1)c1[nH]nc2c3cc-3cc12. The number of amides is 1. The van der Waals surface area contributed by atoms with Crippen LogP contribution in [0.3, 0.4) is 0 Å². The van der Waals surface area contributed by atoms with Crippen LogP contribution >= 0.6 is 0 Å². The van der Waals surface area contributed by atoms with Crippen LogP contribution in [0.5, 0.6) is 5.75 Å². The number of carbonyl (C=O) groups excluding carboxylic acids is 1. The number of rotatable bonds is 5. The zero-order valence-electron chi connectivity index (χ0n) is 11.5. The number of nitrogens with zero attached hydrogens (tertiary/aromatic N) is 1. The number of benzene rings is 2. The number of hydrogen-bond acceptors (Lipinski definition) is 3. The third-order valence-electron chi connectivity index (χ3n) is 3.58. The number of halogens is 1. The fraction of sp³-hybridized carbons (Fsp3) is 0.125. The minimum atomic E-state index is -0.309. The fourth-order valence-electron chi connectivity index (χ4n) is 2.42. The predicted octanol–water partition coefficient (Wildman–Crippen LogP) is 2.49. The van der Waals surface area contributed by atoms with Gasteiger partial charge in [-0.25, -0.2) is 4.39 Å². The molecule has 2 N–H and O–H groups in total. The summed E-state index contributed by atoms with van der Waals surface area (Å²) in [6.45, 7) is 0.656. The summed E-state index contributed by atoms with van der Waals surface area (Å²) in [6, 6.07) is 9.74. The van der Waals surface area contributed by atoms with E-state index in [-0.39, 0.29) is 11.7 Å². The van der Waals surface area contributed by atoms with Gasteiger partial charge in [-0.05, 0) is 42.0 Å². The van der Waals surface area contributed by atoms with Crippen LogP contribution in [0.1, 0.15) is 10.5 Å². The summed E-state index contributed by atoms with van der Waals surface area (Å²) < 4.78 is 18.2. The Kier molecular flexibility index (Phi) is 2.82. The van der Waals surface area contributed by atoms with Crippen LogP contribution in [-0.2, 0) is 0 Å². The van der Waals surface area contributed by atoms with Crippen molar-refractivity contribution >= 4 is 16.8 Å². The molecule has 0 saturated heterocycles. The van der Waals surface area contributed by atoms with Crippen LogP contribution < -0.4 is 10.1 Å². The van der Waals surface area contributed by atoms with Crippen LogP contribution in [-0.4, -0.2) is 29.3 Å². The molecule has 6 heteroatoms. The number of H-pyrrole nitrogens is 1. The smallest absolute Gasteiger partial charge is 0.270 e. The summed E-state index contributed by atoms with van der Waals surface area (Å²) >= 11 is 0. The van der Waals surface area contributed by atoms with Gasteiger partial charge >= 0.3 is 0 Å². The molecule has 0 spiro atoms. The zero-order valence-corrected chi connectivity index (χ0v) is 11.5. The van der Waals surface area contributed by atoms with Gasteiger partial charge in [-0.1, -0.05) is 0 Å². The summed E-state index contributed by atoms with van der Waals surface area (Å²) in [6.07, 6.45) is 0. The largest absolute Gasteiger partial charge is 0.492 e. The van der Waals surface area contributed by atoms with E-state index in [4.69, 9.17) is 4.74 Å². The molecule has 0 bridgehead atoms. The Morgan fingerprint density at radius 2 is 2.09 bits per heavy atom. The summed E-state index contributed by atoms with van der Waals surface area (Å²) in [5, 5.41) is 10.5. The molecule has 2 aliphatic carbocycles. The minimum absolute atomic E-state index is 0.213. The van der Waals surface area contributed by atoms with Crippen LogP contribution in [0, 0.1) is 5.82 Å². The van der Waals surface area contributed by atoms with Crippen molar-refractivity contribution in [2.45, 2.75) is 0 Å². The van der Waals surface area contributed by atoms with Crippen molar-refractivity contribution in [1.29, 1.82) is 0 Å². The molecule has 22 heavy (non-hydrogen) atoms. The second-order valence-corrected chi connectivity index (χ2v) is 5.08. The van der Waals surface area contributed by atoms with E-state index in [1.54, 1.807) is 12.1 Å². The lowest BCUT2D eigenvalue weighted by Crippen LogP contribution is -2.28. The molecule has 2 aliphatic rings. The molecule has 1 amide bonds. The van der Waals surface area contributed by atoms with E-state index >= 15 is 0 Å². The standard InChI is InChI=1S/C16H12FN3O2/c17-10-1-3-11(4-2-10)22-6-5-18-16(21)15-13-8-9-7-12(9)14(13)19-20-15/h1-4,7-8H,5-6H2,(H,18,21)(H,19,20). The molecule has 2 aromatic rings. The minimum Gasteiger partial charge on any atom is -0.492 e. The van der Waals surface area contributed by atoms with Crippen LogP contribution in [0.2, 0.25) is 0 Å². The third-order valence-corrected chi connectivity index (χ3v) is 3.58.